The van der Waals surface area contributed by atoms with E-state index in [4.69, 9.17) is 16.5 Å². The zero-order chi connectivity index (χ0) is 26.0. The predicted molar refractivity (Wildman–Crippen MR) is 149 cm³/mol. The van der Waals surface area contributed by atoms with E-state index in [1.807, 2.05) is 26.1 Å². The van der Waals surface area contributed by atoms with E-state index in [0.717, 1.165) is 73.2 Å². The molecule has 35 heavy (non-hydrogen) atoms. The monoisotopic (exact) mass is 494 g/mol. The normalized spacial score (nSPS) is 15.5. The van der Waals surface area contributed by atoms with Crippen LogP contribution in [0, 0.1) is 16.7 Å². The first-order valence-electron chi connectivity index (χ1n) is 12.9. The van der Waals surface area contributed by atoms with Crippen LogP contribution in [0.25, 0.3) is 5.57 Å². The lowest BCUT2D eigenvalue weighted by Crippen LogP contribution is -2.20. The molecule has 1 unspecified atom stereocenters. The number of fused-ring (bicyclic) bond motifs is 1. The number of nitrogen functional groups attached to an aromatic ring is 1. The minimum absolute atomic E-state index is 0.0608. The van der Waals surface area contributed by atoms with Gasteiger partial charge in [-0.2, -0.15) is 5.26 Å². The summed E-state index contributed by atoms with van der Waals surface area (Å²) in [5, 5.41) is 19.5. The second-order valence-electron chi connectivity index (χ2n) is 9.56. The third-order valence-electron chi connectivity index (χ3n) is 6.13. The van der Waals surface area contributed by atoms with Crippen molar-refractivity contribution in [2.24, 2.45) is 5.73 Å². The van der Waals surface area contributed by atoms with Gasteiger partial charge in [-0.25, -0.2) is 9.97 Å². The summed E-state index contributed by atoms with van der Waals surface area (Å²) in [4.78, 5) is 10.5. The smallest absolute Gasteiger partial charge is 0.128 e. The molecule has 190 valence electrons. The SMILES string of the molecule is CC(C)N.CCCCCc1nccc(/C(C)=C(\CCC)C(=N)C2CCCc3sc(N)c(C#N)c32)n1. The quantitative estimate of drug-likeness (QED) is 0.261. The topological polar surface area (TPSA) is 125 Å². The molecule has 0 radical (unpaired) electrons. The summed E-state index contributed by atoms with van der Waals surface area (Å²) in [7, 11) is 0. The van der Waals surface area contributed by atoms with Crippen LogP contribution in [0.5, 0.6) is 0 Å². The number of nitrogens with one attached hydrogen (secondary N) is 1. The molecule has 0 saturated heterocycles. The Bertz CT molecular complexity index is 1060. The number of unbranched alkanes of at least 4 members (excludes halogenated alkanes) is 2. The molecule has 6 nitrogen and oxygen atoms in total. The summed E-state index contributed by atoms with van der Waals surface area (Å²) in [5.41, 5.74) is 16.5. The number of anilines is 1. The van der Waals surface area contributed by atoms with Gasteiger partial charge in [-0.1, -0.05) is 47.0 Å². The van der Waals surface area contributed by atoms with Crippen molar-refractivity contribution >= 4 is 27.6 Å². The molecule has 0 aromatic carbocycles. The predicted octanol–water partition coefficient (Wildman–Crippen LogP) is 6.79. The minimum Gasteiger partial charge on any atom is -0.389 e. The number of allylic oxidation sites excluding steroid dienone is 2. The summed E-state index contributed by atoms with van der Waals surface area (Å²) in [6.07, 6.45) is 10.8. The van der Waals surface area contributed by atoms with Crippen molar-refractivity contribution in [1.82, 2.24) is 9.97 Å². The van der Waals surface area contributed by atoms with Gasteiger partial charge in [0.2, 0.25) is 0 Å². The van der Waals surface area contributed by atoms with Crippen LogP contribution in [0.15, 0.2) is 17.8 Å². The fourth-order valence-corrected chi connectivity index (χ4v) is 5.60. The van der Waals surface area contributed by atoms with Crippen molar-refractivity contribution in [2.75, 3.05) is 5.73 Å². The van der Waals surface area contributed by atoms with Gasteiger partial charge in [0.25, 0.3) is 0 Å². The Labute approximate surface area is 215 Å². The van der Waals surface area contributed by atoms with Gasteiger partial charge in [-0.05, 0) is 67.8 Å². The lowest BCUT2D eigenvalue weighted by atomic mass is 9.78. The highest BCUT2D eigenvalue weighted by molar-refractivity contribution is 7.16. The number of nitriles is 1. The van der Waals surface area contributed by atoms with Gasteiger partial charge in [-0.15, -0.1) is 11.3 Å². The molecule has 2 heterocycles. The summed E-state index contributed by atoms with van der Waals surface area (Å²) in [6.45, 7) is 10.3. The highest BCUT2D eigenvalue weighted by atomic mass is 32.1. The Morgan fingerprint density at radius 1 is 1.29 bits per heavy atom. The van der Waals surface area contributed by atoms with Crippen molar-refractivity contribution in [1.29, 1.82) is 10.7 Å². The average molecular weight is 495 g/mol. The fraction of sp³-hybridized carbons (Fsp3) is 0.571. The van der Waals surface area contributed by atoms with E-state index in [9.17, 15) is 10.7 Å². The maximum absolute atomic E-state index is 9.69. The minimum atomic E-state index is -0.0608. The molecule has 0 spiro atoms. The van der Waals surface area contributed by atoms with Gasteiger partial charge in [0.1, 0.15) is 16.9 Å². The number of hydrogen-bond donors (Lipinski definition) is 3. The number of nitrogens with zero attached hydrogens (tertiary/aromatic N) is 3. The Morgan fingerprint density at radius 3 is 2.63 bits per heavy atom. The van der Waals surface area contributed by atoms with E-state index in [1.54, 1.807) is 0 Å². The van der Waals surface area contributed by atoms with Crippen molar-refractivity contribution < 1.29 is 0 Å². The van der Waals surface area contributed by atoms with E-state index in [2.05, 4.69) is 31.8 Å². The number of nitrogens with two attached hydrogens (primary N) is 2. The lowest BCUT2D eigenvalue weighted by molar-refractivity contribution is 0.654. The first-order valence-corrected chi connectivity index (χ1v) is 13.7. The molecule has 1 atom stereocenters. The van der Waals surface area contributed by atoms with Crippen LogP contribution in [0.4, 0.5) is 5.00 Å². The van der Waals surface area contributed by atoms with Gasteiger partial charge in [0.15, 0.2) is 0 Å². The number of thiophene rings is 1. The van der Waals surface area contributed by atoms with Gasteiger partial charge in [0.05, 0.1) is 11.3 Å². The molecule has 5 N–H and O–H groups in total. The van der Waals surface area contributed by atoms with Crippen LogP contribution < -0.4 is 11.5 Å². The molecule has 1 aliphatic rings. The number of rotatable bonds is 9. The average Bonchev–Trinajstić information content (AvgIpc) is 3.16. The number of hydrogen-bond acceptors (Lipinski definition) is 7. The Balaban J connectivity index is 0.00000100. The molecule has 1 aliphatic carbocycles. The molecule has 0 aliphatic heterocycles. The van der Waals surface area contributed by atoms with Gasteiger partial charge < -0.3 is 16.9 Å². The molecule has 2 aromatic heterocycles. The van der Waals surface area contributed by atoms with E-state index in [-0.39, 0.29) is 5.92 Å². The molecule has 3 rings (SSSR count). The zero-order valence-corrected chi connectivity index (χ0v) is 22.9. The first-order chi connectivity index (χ1) is 16.7. The molecule has 0 bridgehead atoms. The third kappa shape index (κ3) is 7.71. The molecule has 0 fully saturated rings. The molecular formula is C28H42N6S. The van der Waals surface area contributed by atoms with Crippen molar-refractivity contribution in [3.8, 4) is 6.07 Å². The molecular weight excluding hydrogens is 452 g/mol. The number of aryl methyl sites for hydroxylation is 2. The summed E-state index contributed by atoms with van der Waals surface area (Å²) in [6, 6.07) is 4.59. The Kier molecular flexibility index (Phi) is 11.6. The van der Waals surface area contributed by atoms with Crippen LogP contribution in [-0.2, 0) is 12.8 Å². The summed E-state index contributed by atoms with van der Waals surface area (Å²) >= 11 is 1.53. The highest BCUT2D eigenvalue weighted by Crippen LogP contribution is 2.44. The summed E-state index contributed by atoms with van der Waals surface area (Å²) < 4.78 is 0. The van der Waals surface area contributed by atoms with E-state index >= 15 is 0 Å². The third-order valence-corrected chi connectivity index (χ3v) is 7.22. The van der Waals surface area contributed by atoms with Gasteiger partial charge in [-0.3, -0.25) is 0 Å². The second-order valence-corrected chi connectivity index (χ2v) is 10.7. The zero-order valence-electron chi connectivity index (χ0n) is 22.1. The number of aromatic nitrogens is 2. The molecule has 0 saturated carbocycles. The second kappa shape index (κ2) is 14.1. The Morgan fingerprint density at radius 2 is 2.00 bits per heavy atom. The molecule has 7 heteroatoms. The largest absolute Gasteiger partial charge is 0.389 e. The van der Waals surface area contributed by atoms with Crippen LogP contribution in [0.1, 0.15) is 113 Å². The lowest BCUT2D eigenvalue weighted by Gasteiger charge is -2.26. The van der Waals surface area contributed by atoms with E-state index < -0.39 is 0 Å². The molecule has 2 aromatic rings. The standard InChI is InChI=1S/C25H33N5S.C3H9N/c1-4-6-7-12-22-29-14-13-20(30-22)16(3)17(9-5-2)24(27)18-10-8-11-21-23(18)19(15-26)25(28)31-21;1-3(2)4/h13-14,18,27H,4-12,28H2,1-3H3;3H,4H2,1-2H3/b17-16+,27-24?;. The Hall–Kier alpha value is -2.56. The highest BCUT2D eigenvalue weighted by Gasteiger charge is 2.32. The van der Waals surface area contributed by atoms with Crippen LogP contribution in [-0.4, -0.2) is 21.7 Å². The van der Waals surface area contributed by atoms with Crippen molar-refractivity contribution in [3.05, 3.63) is 45.4 Å². The van der Waals surface area contributed by atoms with E-state index in [0.29, 0.717) is 22.3 Å². The van der Waals surface area contributed by atoms with Crippen molar-refractivity contribution in [2.45, 2.75) is 104 Å². The summed E-state index contributed by atoms with van der Waals surface area (Å²) in [5.74, 6) is 0.819. The first kappa shape index (κ1) is 28.7. The molecule has 0 amide bonds. The van der Waals surface area contributed by atoms with E-state index in [1.165, 1.54) is 29.1 Å². The van der Waals surface area contributed by atoms with Crippen molar-refractivity contribution in [3.63, 3.8) is 0 Å². The maximum atomic E-state index is 9.69. The van der Waals surface area contributed by atoms with Crippen LogP contribution >= 0.6 is 11.3 Å². The van der Waals surface area contributed by atoms with Crippen LogP contribution in [0.2, 0.25) is 0 Å². The fourth-order valence-electron chi connectivity index (χ4n) is 4.48. The van der Waals surface area contributed by atoms with Gasteiger partial charge >= 0.3 is 0 Å². The van der Waals surface area contributed by atoms with Crippen LogP contribution in [0.3, 0.4) is 0 Å². The maximum Gasteiger partial charge on any atom is 0.128 e. The van der Waals surface area contributed by atoms with Gasteiger partial charge in [0, 0.05) is 29.1 Å².